The van der Waals surface area contributed by atoms with Crippen LogP contribution in [0.3, 0.4) is 0 Å². The topological polar surface area (TPSA) is 102 Å². The van der Waals surface area contributed by atoms with Crippen molar-refractivity contribution in [1.29, 1.82) is 0 Å². The van der Waals surface area contributed by atoms with Gasteiger partial charge in [-0.3, -0.25) is 4.79 Å². The van der Waals surface area contributed by atoms with Gasteiger partial charge >= 0.3 is 5.97 Å². The van der Waals surface area contributed by atoms with E-state index in [4.69, 9.17) is 14.2 Å². The molecule has 7 nitrogen and oxygen atoms in total. The number of ether oxygens (including phenoxy) is 3. The monoisotopic (exact) mass is 344 g/mol. The van der Waals surface area contributed by atoms with E-state index in [2.05, 4.69) is 0 Å². The van der Waals surface area contributed by atoms with E-state index in [-0.39, 0.29) is 17.1 Å². The van der Waals surface area contributed by atoms with Gasteiger partial charge in [0, 0.05) is 6.07 Å². The van der Waals surface area contributed by atoms with Crippen LogP contribution >= 0.6 is 0 Å². The standard InChI is InChI=1S/C18H16O7/c1-10-17(25-16-5-3-2-4-15(16)24-10)18(22)23-9-14(21)12-7-6-11(19)8-13(12)20/h2-8,10,17,19-20H,9H2,1H3/t10-,17-/m0/s1. The van der Waals surface area contributed by atoms with E-state index in [0.29, 0.717) is 11.5 Å². The fourth-order valence-corrected chi connectivity index (χ4v) is 2.43. The number of ketones is 1. The number of rotatable bonds is 4. The maximum atomic E-state index is 12.2. The largest absolute Gasteiger partial charge is 0.508 e. The summed E-state index contributed by atoms with van der Waals surface area (Å²) in [4.78, 5) is 24.3. The summed E-state index contributed by atoms with van der Waals surface area (Å²) >= 11 is 0. The molecule has 0 saturated heterocycles. The van der Waals surface area contributed by atoms with Gasteiger partial charge in [0.1, 0.15) is 17.6 Å². The molecule has 2 aromatic carbocycles. The molecule has 0 aromatic heterocycles. The first-order valence-electron chi connectivity index (χ1n) is 7.60. The van der Waals surface area contributed by atoms with Crippen LogP contribution in [0.4, 0.5) is 0 Å². The Morgan fingerprint density at radius 2 is 1.76 bits per heavy atom. The highest BCUT2D eigenvalue weighted by Gasteiger charge is 2.35. The predicted octanol–water partition coefficient (Wildman–Crippen LogP) is 2.05. The normalized spacial score (nSPS) is 18.4. The van der Waals surface area contributed by atoms with Crippen LogP contribution in [-0.4, -0.2) is 40.8 Å². The maximum Gasteiger partial charge on any atom is 0.351 e. The lowest BCUT2D eigenvalue weighted by molar-refractivity contribution is -0.156. The molecule has 25 heavy (non-hydrogen) atoms. The Morgan fingerprint density at radius 3 is 2.44 bits per heavy atom. The molecule has 2 atom stereocenters. The van der Waals surface area contributed by atoms with Crippen molar-refractivity contribution in [3.63, 3.8) is 0 Å². The molecule has 130 valence electrons. The van der Waals surface area contributed by atoms with Gasteiger partial charge < -0.3 is 24.4 Å². The smallest absolute Gasteiger partial charge is 0.351 e. The quantitative estimate of drug-likeness (QED) is 0.646. The first-order chi connectivity index (χ1) is 12.0. The van der Waals surface area contributed by atoms with Crippen molar-refractivity contribution < 1.29 is 34.0 Å². The zero-order chi connectivity index (χ0) is 18.0. The van der Waals surface area contributed by atoms with Gasteiger partial charge in [-0.05, 0) is 31.2 Å². The molecule has 7 heteroatoms. The van der Waals surface area contributed by atoms with Crippen LogP contribution in [0.15, 0.2) is 42.5 Å². The number of phenols is 2. The fraction of sp³-hybridized carbons (Fsp3) is 0.222. The number of phenolic OH excluding ortho intramolecular Hbond substituents is 2. The van der Waals surface area contributed by atoms with Crippen LogP contribution in [0.1, 0.15) is 17.3 Å². The number of benzene rings is 2. The van der Waals surface area contributed by atoms with E-state index in [1.807, 2.05) is 0 Å². The number of hydrogen-bond donors (Lipinski definition) is 2. The zero-order valence-corrected chi connectivity index (χ0v) is 13.3. The van der Waals surface area contributed by atoms with Gasteiger partial charge in [0.2, 0.25) is 11.9 Å². The minimum Gasteiger partial charge on any atom is -0.508 e. The summed E-state index contributed by atoms with van der Waals surface area (Å²) in [7, 11) is 0. The Kier molecular flexibility index (Phi) is 4.47. The molecule has 0 spiro atoms. The average Bonchev–Trinajstić information content (AvgIpc) is 2.58. The van der Waals surface area contributed by atoms with E-state index in [1.165, 1.54) is 12.1 Å². The Balaban J connectivity index is 1.64. The highest BCUT2D eigenvalue weighted by Crippen LogP contribution is 2.33. The van der Waals surface area contributed by atoms with Gasteiger partial charge in [0.05, 0.1) is 5.56 Å². The van der Waals surface area contributed by atoms with E-state index in [0.717, 1.165) is 6.07 Å². The Labute approximate surface area is 143 Å². The molecule has 1 aliphatic heterocycles. The maximum absolute atomic E-state index is 12.2. The van der Waals surface area contributed by atoms with E-state index in [9.17, 15) is 19.8 Å². The molecular formula is C18H16O7. The molecule has 0 saturated carbocycles. The van der Waals surface area contributed by atoms with Gasteiger partial charge in [-0.1, -0.05) is 12.1 Å². The number of carbonyl (C=O) groups excluding carboxylic acids is 2. The summed E-state index contributed by atoms with van der Waals surface area (Å²) in [6.07, 6.45) is -1.59. The summed E-state index contributed by atoms with van der Waals surface area (Å²) in [6, 6.07) is 10.5. The first kappa shape index (κ1) is 16.6. The number of esters is 1. The van der Waals surface area contributed by atoms with Crippen LogP contribution in [0, 0.1) is 0 Å². The van der Waals surface area contributed by atoms with Crippen molar-refractivity contribution in [2.45, 2.75) is 19.1 Å². The zero-order valence-electron chi connectivity index (χ0n) is 13.3. The molecule has 1 aliphatic rings. The molecule has 0 bridgehead atoms. The van der Waals surface area contributed by atoms with Gasteiger partial charge in [-0.2, -0.15) is 0 Å². The lowest BCUT2D eigenvalue weighted by Gasteiger charge is -2.30. The number of para-hydroxylation sites is 2. The molecule has 0 unspecified atom stereocenters. The number of fused-ring (bicyclic) bond motifs is 1. The molecule has 0 aliphatic carbocycles. The summed E-state index contributed by atoms with van der Waals surface area (Å²) < 4.78 is 16.2. The lowest BCUT2D eigenvalue weighted by atomic mass is 10.1. The summed E-state index contributed by atoms with van der Waals surface area (Å²) in [5.74, 6) is -0.953. The molecule has 1 heterocycles. The van der Waals surface area contributed by atoms with Crippen LogP contribution in [0.5, 0.6) is 23.0 Å². The second-order valence-electron chi connectivity index (χ2n) is 5.54. The van der Waals surface area contributed by atoms with E-state index < -0.39 is 30.6 Å². The van der Waals surface area contributed by atoms with Gasteiger partial charge in [-0.25, -0.2) is 4.79 Å². The Morgan fingerprint density at radius 1 is 1.08 bits per heavy atom. The highest BCUT2D eigenvalue weighted by atomic mass is 16.6. The second kappa shape index (κ2) is 6.72. The van der Waals surface area contributed by atoms with Crippen molar-refractivity contribution in [1.82, 2.24) is 0 Å². The average molecular weight is 344 g/mol. The van der Waals surface area contributed by atoms with E-state index in [1.54, 1.807) is 31.2 Å². The van der Waals surface area contributed by atoms with Crippen molar-refractivity contribution in [3.05, 3.63) is 48.0 Å². The molecule has 3 rings (SSSR count). The summed E-state index contributed by atoms with van der Waals surface area (Å²) in [5, 5.41) is 18.9. The molecule has 2 aromatic rings. The van der Waals surface area contributed by atoms with Gasteiger partial charge in [0.25, 0.3) is 0 Å². The highest BCUT2D eigenvalue weighted by molar-refractivity contribution is 6.00. The first-order valence-corrected chi connectivity index (χ1v) is 7.60. The van der Waals surface area contributed by atoms with Crippen molar-refractivity contribution in [2.75, 3.05) is 6.61 Å². The SMILES string of the molecule is C[C@@H]1Oc2ccccc2O[C@@H]1C(=O)OCC(=O)c1ccc(O)cc1O. The third kappa shape index (κ3) is 3.50. The van der Waals surface area contributed by atoms with Crippen LogP contribution < -0.4 is 9.47 Å². The Hall–Kier alpha value is -3.22. The summed E-state index contributed by atoms with van der Waals surface area (Å²) in [5.41, 5.74) is -0.0511. The summed E-state index contributed by atoms with van der Waals surface area (Å²) in [6.45, 7) is 1.10. The van der Waals surface area contributed by atoms with Crippen molar-refractivity contribution in [3.8, 4) is 23.0 Å². The van der Waals surface area contributed by atoms with Gasteiger partial charge in [0.15, 0.2) is 18.1 Å². The van der Waals surface area contributed by atoms with Crippen molar-refractivity contribution in [2.24, 2.45) is 0 Å². The minimum atomic E-state index is -1.00. The third-order valence-corrected chi connectivity index (χ3v) is 3.70. The lowest BCUT2D eigenvalue weighted by Crippen LogP contribution is -2.44. The number of carbonyl (C=O) groups is 2. The molecule has 0 radical (unpaired) electrons. The molecular weight excluding hydrogens is 328 g/mol. The minimum absolute atomic E-state index is 0.0511. The molecule has 0 amide bonds. The second-order valence-corrected chi connectivity index (χ2v) is 5.54. The van der Waals surface area contributed by atoms with E-state index >= 15 is 0 Å². The molecule has 2 N–H and O–H groups in total. The number of hydrogen-bond acceptors (Lipinski definition) is 7. The predicted molar refractivity (Wildman–Crippen MR) is 86.0 cm³/mol. The van der Waals surface area contributed by atoms with Gasteiger partial charge in [-0.15, -0.1) is 0 Å². The number of aromatic hydroxyl groups is 2. The molecule has 0 fully saturated rings. The third-order valence-electron chi connectivity index (χ3n) is 3.70. The Bertz CT molecular complexity index is 815. The fourth-order valence-electron chi connectivity index (χ4n) is 2.43. The number of Topliss-reactive ketones (excluding diaryl/α,β-unsaturated/α-hetero) is 1. The van der Waals surface area contributed by atoms with Crippen LogP contribution in [0.25, 0.3) is 0 Å². The van der Waals surface area contributed by atoms with Crippen LogP contribution in [-0.2, 0) is 9.53 Å². The van der Waals surface area contributed by atoms with Crippen molar-refractivity contribution >= 4 is 11.8 Å². The van der Waals surface area contributed by atoms with Crippen LogP contribution in [0.2, 0.25) is 0 Å².